The molecule has 0 aromatic rings. The van der Waals surface area contributed by atoms with Crippen LogP contribution in [0.15, 0.2) is 0 Å². The van der Waals surface area contributed by atoms with E-state index >= 15 is 0 Å². The summed E-state index contributed by atoms with van der Waals surface area (Å²) in [6, 6.07) is 1.38. The van der Waals surface area contributed by atoms with Gasteiger partial charge in [-0.1, -0.05) is 6.92 Å². The first-order valence-electron chi connectivity index (χ1n) is 3.85. The predicted molar refractivity (Wildman–Crippen MR) is 52.6 cm³/mol. The molecule has 0 aromatic carbocycles. The van der Waals surface area contributed by atoms with Crippen LogP contribution in [-0.4, -0.2) is 31.9 Å². The lowest BCUT2D eigenvalue weighted by atomic mass is 10.2. The van der Waals surface area contributed by atoms with Crippen LogP contribution in [0.1, 0.15) is 34.6 Å². The summed E-state index contributed by atoms with van der Waals surface area (Å²) < 4.78 is 0. The monoisotopic (exact) mass is 143 g/mol. The van der Waals surface area contributed by atoms with Gasteiger partial charge in [0.05, 0.1) is 8.41 Å². The summed E-state index contributed by atoms with van der Waals surface area (Å²) in [7, 11) is 0. The first-order chi connectivity index (χ1) is 4.09. The molecule has 1 nitrogen and oxygen atoms in total. The Morgan fingerprint density at radius 2 is 1.30 bits per heavy atom. The maximum atomic E-state index is 2.46. The summed E-state index contributed by atoms with van der Waals surface area (Å²) in [6.07, 6.45) is 0. The van der Waals surface area contributed by atoms with Crippen LogP contribution in [0, 0.1) is 0 Å². The van der Waals surface area contributed by atoms with Gasteiger partial charge in [0.25, 0.3) is 0 Å². The normalized spacial score (nSPS) is 10.8. The van der Waals surface area contributed by atoms with E-state index in [2.05, 4.69) is 39.5 Å². The van der Waals surface area contributed by atoms with E-state index in [9.17, 15) is 0 Å². The number of hydrogen-bond acceptors (Lipinski definition) is 1. The van der Waals surface area contributed by atoms with Crippen LogP contribution in [0.3, 0.4) is 0 Å². The molecule has 0 aliphatic heterocycles. The zero-order valence-corrected chi connectivity index (χ0v) is 7.31. The van der Waals surface area contributed by atoms with E-state index in [0.29, 0.717) is 12.1 Å². The van der Waals surface area contributed by atoms with E-state index in [1.165, 1.54) is 0 Å². The molecule has 0 amide bonds. The molecule has 2 heteroatoms. The Morgan fingerprint density at radius 3 is 1.30 bits per heavy atom. The minimum absolute atomic E-state index is 0. The molecule has 0 bridgehead atoms. The highest BCUT2D eigenvalue weighted by Crippen LogP contribution is 2.02. The highest BCUT2D eigenvalue weighted by molar-refractivity contribution is 5.75. The second-order valence-corrected chi connectivity index (χ2v) is 3.02. The van der Waals surface area contributed by atoms with Gasteiger partial charge in [-0.05, 0) is 34.2 Å². The van der Waals surface area contributed by atoms with E-state index in [1.54, 1.807) is 0 Å². The van der Waals surface area contributed by atoms with Gasteiger partial charge >= 0.3 is 0 Å². The second kappa shape index (κ2) is 5.78. The van der Waals surface area contributed by atoms with Crippen molar-refractivity contribution in [2.75, 3.05) is 6.54 Å². The van der Waals surface area contributed by atoms with E-state index in [1.807, 2.05) is 0 Å². The number of hydrogen-bond donors (Lipinski definition) is 0. The van der Waals surface area contributed by atoms with Crippen molar-refractivity contribution in [1.82, 2.24) is 4.90 Å². The molecule has 0 saturated heterocycles. The Bertz CT molecular complexity index is 63.7. The standard InChI is InChI=1S/C8H19N.BH3/c1-6-9(7(2)3)8(4)5;/h7-8H,6H2,1-5H3;1H3. The van der Waals surface area contributed by atoms with Crippen LogP contribution in [0.4, 0.5) is 0 Å². The molecular weight excluding hydrogens is 121 g/mol. The van der Waals surface area contributed by atoms with Crippen LogP contribution in [0.5, 0.6) is 0 Å². The van der Waals surface area contributed by atoms with Crippen molar-refractivity contribution < 1.29 is 0 Å². The maximum Gasteiger partial charge on any atom is 0.0814 e. The van der Waals surface area contributed by atoms with Gasteiger partial charge in [-0.3, -0.25) is 4.90 Å². The SMILES string of the molecule is B.CCN(C(C)C)C(C)C. The Labute approximate surface area is 67.4 Å². The predicted octanol–water partition coefficient (Wildman–Crippen LogP) is 0.941. The average molecular weight is 143 g/mol. The Morgan fingerprint density at radius 1 is 1.00 bits per heavy atom. The number of rotatable bonds is 3. The molecule has 0 aliphatic carbocycles. The smallest absolute Gasteiger partial charge is 0.0814 e. The van der Waals surface area contributed by atoms with Gasteiger partial charge in [-0.15, -0.1) is 0 Å². The highest BCUT2D eigenvalue weighted by Gasteiger charge is 2.08. The fraction of sp³-hybridized carbons (Fsp3) is 1.00. The molecule has 0 rings (SSSR count). The van der Waals surface area contributed by atoms with Crippen LogP contribution in [0.2, 0.25) is 0 Å². The molecule has 0 saturated carbocycles. The summed E-state index contributed by atoms with van der Waals surface area (Å²) in [5.74, 6) is 0. The summed E-state index contributed by atoms with van der Waals surface area (Å²) in [4.78, 5) is 2.46. The minimum atomic E-state index is 0. The van der Waals surface area contributed by atoms with Crippen molar-refractivity contribution in [1.29, 1.82) is 0 Å². The molecule has 0 unspecified atom stereocenters. The summed E-state index contributed by atoms with van der Waals surface area (Å²) in [5, 5.41) is 0. The second-order valence-electron chi connectivity index (χ2n) is 3.02. The highest BCUT2D eigenvalue weighted by atomic mass is 15.2. The van der Waals surface area contributed by atoms with E-state index in [0.717, 1.165) is 6.54 Å². The average Bonchev–Trinajstić information content (AvgIpc) is 1.64. The summed E-state index contributed by atoms with van der Waals surface area (Å²) in [6.45, 7) is 12.3. The number of nitrogens with zero attached hydrogens (tertiary/aromatic N) is 1. The van der Waals surface area contributed by atoms with Crippen molar-refractivity contribution in [3.8, 4) is 0 Å². The van der Waals surface area contributed by atoms with Crippen LogP contribution >= 0.6 is 0 Å². The molecule has 62 valence electrons. The van der Waals surface area contributed by atoms with E-state index < -0.39 is 0 Å². The molecule has 0 fully saturated rings. The largest absolute Gasteiger partial charge is 0.299 e. The molecule has 0 aliphatic rings. The molecule has 0 N–H and O–H groups in total. The molecule has 0 aromatic heterocycles. The van der Waals surface area contributed by atoms with Gasteiger partial charge in [-0.25, -0.2) is 0 Å². The molecule has 10 heavy (non-hydrogen) atoms. The topological polar surface area (TPSA) is 3.24 Å². The van der Waals surface area contributed by atoms with Crippen LogP contribution in [0.25, 0.3) is 0 Å². The molecule has 0 heterocycles. The van der Waals surface area contributed by atoms with Gasteiger partial charge in [0.15, 0.2) is 0 Å². The van der Waals surface area contributed by atoms with Crippen molar-refractivity contribution in [3.05, 3.63) is 0 Å². The minimum Gasteiger partial charge on any atom is -0.299 e. The lowest BCUT2D eigenvalue weighted by Gasteiger charge is -2.28. The third-order valence-corrected chi connectivity index (χ3v) is 1.69. The lowest BCUT2D eigenvalue weighted by molar-refractivity contribution is 0.185. The van der Waals surface area contributed by atoms with Gasteiger partial charge in [0.2, 0.25) is 0 Å². The van der Waals surface area contributed by atoms with Crippen molar-refractivity contribution in [3.63, 3.8) is 0 Å². The van der Waals surface area contributed by atoms with E-state index in [-0.39, 0.29) is 8.41 Å². The van der Waals surface area contributed by atoms with Gasteiger partial charge < -0.3 is 0 Å². The first-order valence-corrected chi connectivity index (χ1v) is 3.85. The zero-order valence-electron chi connectivity index (χ0n) is 7.31. The quantitative estimate of drug-likeness (QED) is 0.531. The van der Waals surface area contributed by atoms with Gasteiger partial charge in [0, 0.05) is 12.1 Å². The first kappa shape index (κ1) is 12.7. The van der Waals surface area contributed by atoms with Gasteiger partial charge in [-0.2, -0.15) is 0 Å². The molecular formula is C8H22BN. The Balaban J connectivity index is 0. The third-order valence-electron chi connectivity index (χ3n) is 1.69. The third kappa shape index (κ3) is 3.94. The lowest BCUT2D eigenvalue weighted by Crippen LogP contribution is -2.36. The maximum absolute atomic E-state index is 2.46. The zero-order chi connectivity index (χ0) is 7.44. The van der Waals surface area contributed by atoms with E-state index in [4.69, 9.17) is 0 Å². The summed E-state index contributed by atoms with van der Waals surface area (Å²) in [5.41, 5.74) is 0. The molecule has 0 spiro atoms. The van der Waals surface area contributed by atoms with Crippen LogP contribution < -0.4 is 0 Å². The fourth-order valence-corrected chi connectivity index (χ4v) is 1.33. The Kier molecular flexibility index (Phi) is 7.33. The van der Waals surface area contributed by atoms with Crippen LogP contribution in [-0.2, 0) is 0 Å². The van der Waals surface area contributed by atoms with Crippen molar-refractivity contribution in [2.24, 2.45) is 0 Å². The fourth-order valence-electron chi connectivity index (χ4n) is 1.33. The van der Waals surface area contributed by atoms with Crippen molar-refractivity contribution in [2.45, 2.75) is 46.7 Å². The molecule has 0 radical (unpaired) electrons. The van der Waals surface area contributed by atoms with Crippen molar-refractivity contribution >= 4 is 8.41 Å². The summed E-state index contributed by atoms with van der Waals surface area (Å²) >= 11 is 0. The Hall–Kier alpha value is 0.0249. The molecule has 0 atom stereocenters. The van der Waals surface area contributed by atoms with Gasteiger partial charge in [0.1, 0.15) is 0 Å².